The summed E-state index contributed by atoms with van der Waals surface area (Å²) in [5.74, 6) is -0.460. The summed E-state index contributed by atoms with van der Waals surface area (Å²) in [6.07, 6.45) is 2.72. The molecule has 1 aromatic heterocycles. The van der Waals surface area contributed by atoms with Crippen molar-refractivity contribution in [1.29, 1.82) is 0 Å². The summed E-state index contributed by atoms with van der Waals surface area (Å²) < 4.78 is 24.8. The lowest BCUT2D eigenvalue weighted by molar-refractivity contribution is 0.473. The molecule has 3 nitrogen and oxygen atoms in total. The van der Waals surface area contributed by atoms with Crippen molar-refractivity contribution in [3.63, 3.8) is 0 Å². The summed E-state index contributed by atoms with van der Waals surface area (Å²) in [5, 5.41) is 9.10. The van der Waals surface area contributed by atoms with Crippen LogP contribution in [0.3, 0.4) is 0 Å². The molecule has 0 aliphatic heterocycles. The number of halogens is 1. The zero-order valence-corrected chi connectivity index (χ0v) is 9.87. The maximum Gasteiger partial charge on any atom is 0.188 e. The van der Waals surface area contributed by atoms with Gasteiger partial charge in [0.05, 0.1) is 11.9 Å². The second-order valence-electron chi connectivity index (χ2n) is 3.50. The Morgan fingerprint density at radius 1 is 1.29 bits per heavy atom. The Balaban J connectivity index is 2.41. The van der Waals surface area contributed by atoms with Gasteiger partial charge in [0.25, 0.3) is 0 Å². The topological polar surface area (TPSA) is 56.2 Å². The SMILES string of the molecule is C[S+]([O-])c1ccc(-c2ccc(O)cn2)cc1F. The van der Waals surface area contributed by atoms with Crippen molar-refractivity contribution in [2.45, 2.75) is 4.90 Å². The predicted molar refractivity (Wildman–Crippen MR) is 63.6 cm³/mol. The van der Waals surface area contributed by atoms with Crippen molar-refractivity contribution in [3.05, 3.63) is 42.3 Å². The van der Waals surface area contributed by atoms with Crippen molar-refractivity contribution in [2.24, 2.45) is 0 Å². The Morgan fingerprint density at radius 2 is 2.06 bits per heavy atom. The summed E-state index contributed by atoms with van der Waals surface area (Å²) in [6, 6.07) is 7.49. The van der Waals surface area contributed by atoms with Crippen LogP contribution < -0.4 is 0 Å². The zero-order chi connectivity index (χ0) is 12.4. The molecule has 5 heteroatoms. The number of rotatable bonds is 2. The van der Waals surface area contributed by atoms with Crippen LogP contribution in [0.15, 0.2) is 41.4 Å². The van der Waals surface area contributed by atoms with Gasteiger partial charge in [-0.25, -0.2) is 4.39 Å². The van der Waals surface area contributed by atoms with E-state index in [1.807, 2.05) is 0 Å². The Labute approximate surface area is 101 Å². The molecule has 1 atom stereocenters. The highest BCUT2D eigenvalue weighted by Gasteiger charge is 2.13. The maximum absolute atomic E-state index is 13.6. The zero-order valence-electron chi connectivity index (χ0n) is 9.05. The van der Waals surface area contributed by atoms with Gasteiger partial charge in [0.2, 0.25) is 0 Å². The molecule has 1 aromatic carbocycles. The van der Waals surface area contributed by atoms with E-state index in [2.05, 4.69) is 4.98 Å². The number of hydrogen-bond donors (Lipinski definition) is 1. The van der Waals surface area contributed by atoms with Crippen molar-refractivity contribution in [2.75, 3.05) is 6.26 Å². The first-order chi connectivity index (χ1) is 8.08. The third-order valence-corrected chi connectivity index (χ3v) is 3.24. The second kappa shape index (κ2) is 4.73. The summed E-state index contributed by atoms with van der Waals surface area (Å²) in [4.78, 5) is 4.15. The number of pyridine rings is 1. The molecule has 0 amide bonds. The van der Waals surface area contributed by atoms with Crippen molar-refractivity contribution in [1.82, 2.24) is 4.98 Å². The van der Waals surface area contributed by atoms with E-state index in [-0.39, 0.29) is 10.6 Å². The van der Waals surface area contributed by atoms with Crippen LogP contribution in [0, 0.1) is 5.82 Å². The first kappa shape index (κ1) is 11.9. The van der Waals surface area contributed by atoms with Crippen LogP contribution in [0.5, 0.6) is 5.75 Å². The minimum atomic E-state index is -1.34. The van der Waals surface area contributed by atoms with Crippen LogP contribution >= 0.6 is 0 Å². The number of benzene rings is 1. The molecule has 2 aromatic rings. The Kier molecular flexibility index (Phi) is 3.31. The van der Waals surface area contributed by atoms with Gasteiger partial charge >= 0.3 is 0 Å². The first-order valence-corrected chi connectivity index (χ1v) is 6.42. The molecule has 0 aliphatic carbocycles. The molecule has 88 valence electrons. The van der Waals surface area contributed by atoms with Gasteiger partial charge in [-0.1, -0.05) is 0 Å². The normalized spacial score (nSPS) is 12.4. The highest BCUT2D eigenvalue weighted by molar-refractivity contribution is 7.90. The van der Waals surface area contributed by atoms with Gasteiger partial charge in [0.1, 0.15) is 12.0 Å². The van der Waals surface area contributed by atoms with E-state index in [0.29, 0.717) is 11.3 Å². The monoisotopic (exact) mass is 251 g/mol. The third-order valence-electron chi connectivity index (χ3n) is 2.29. The van der Waals surface area contributed by atoms with Crippen LogP contribution in [0.25, 0.3) is 11.3 Å². The Morgan fingerprint density at radius 3 is 2.59 bits per heavy atom. The number of aromatic hydroxyl groups is 1. The van der Waals surface area contributed by atoms with Crippen LogP contribution in [0.1, 0.15) is 0 Å². The molecule has 0 spiro atoms. The lowest BCUT2D eigenvalue weighted by Gasteiger charge is -2.07. The minimum absolute atomic E-state index is 0.0560. The Bertz CT molecular complexity index is 529. The lowest BCUT2D eigenvalue weighted by Crippen LogP contribution is -2.00. The van der Waals surface area contributed by atoms with E-state index in [1.165, 1.54) is 30.7 Å². The van der Waals surface area contributed by atoms with Crippen LogP contribution in [0.4, 0.5) is 4.39 Å². The molecule has 17 heavy (non-hydrogen) atoms. The fourth-order valence-electron chi connectivity index (χ4n) is 1.45. The van der Waals surface area contributed by atoms with Gasteiger partial charge in [-0.3, -0.25) is 4.98 Å². The van der Waals surface area contributed by atoms with Gasteiger partial charge in [0.15, 0.2) is 10.7 Å². The third kappa shape index (κ3) is 2.57. The van der Waals surface area contributed by atoms with E-state index < -0.39 is 17.0 Å². The van der Waals surface area contributed by atoms with Gasteiger partial charge in [-0.2, -0.15) is 0 Å². The van der Waals surface area contributed by atoms with Crippen LogP contribution in [-0.2, 0) is 11.2 Å². The summed E-state index contributed by atoms with van der Waals surface area (Å²) in [7, 11) is 0. The highest BCUT2D eigenvalue weighted by atomic mass is 32.2. The average molecular weight is 251 g/mol. The van der Waals surface area contributed by atoms with Gasteiger partial charge in [-0.05, 0) is 41.5 Å². The lowest BCUT2D eigenvalue weighted by atomic mass is 10.1. The average Bonchev–Trinajstić information content (AvgIpc) is 2.29. The molecular formula is C12H10FNO2S. The predicted octanol–water partition coefficient (Wildman–Crippen LogP) is 2.33. The summed E-state index contributed by atoms with van der Waals surface area (Å²) in [5.41, 5.74) is 1.13. The summed E-state index contributed by atoms with van der Waals surface area (Å²) >= 11 is -1.34. The number of nitrogens with zero attached hydrogens (tertiary/aromatic N) is 1. The van der Waals surface area contributed by atoms with Crippen molar-refractivity contribution < 1.29 is 14.0 Å². The van der Waals surface area contributed by atoms with Gasteiger partial charge in [0, 0.05) is 5.56 Å². The van der Waals surface area contributed by atoms with Crippen LogP contribution in [0.2, 0.25) is 0 Å². The smallest absolute Gasteiger partial charge is 0.188 e. The maximum atomic E-state index is 13.6. The molecule has 0 bridgehead atoms. The summed E-state index contributed by atoms with van der Waals surface area (Å²) in [6.45, 7) is 0. The molecule has 1 N–H and O–H groups in total. The van der Waals surface area contributed by atoms with E-state index in [0.717, 1.165) is 0 Å². The molecule has 0 radical (unpaired) electrons. The van der Waals surface area contributed by atoms with E-state index in [9.17, 15) is 8.94 Å². The van der Waals surface area contributed by atoms with E-state index in [1.54, 1.807) is 12.1 Å². The quantitative estimate of drug-likeness (QED) is 0.833. The Hall–Kier alpha value is -1.59. The fourth-order valence-corrected chi connectivity index (χ4v) is 2.04. The fraction of sp³-hybridized carbons (Fsp3) is 0.0833. The molecule has 0 saturated carbocycles. The molecular weight excluding hydrogens is 241 g/mol. The van der Waals surface area contributed by atoms with E-state index in [4.69, 9.17) is 5.11 Å². The molecule has 1 unspecified atom stereocenters. The number of aromatic nitrogens is 1. The second-order valence-corrected chi connectivity index (χ2v) is 4.85. The molecule has 0 saturated heterocycles. The highest BCUT2D eigenvalue weighted by Crippen LogP contribution is 2.23. The standard InChI is InChI=1S/C12H10FNO2S/c1-17(16)12-5-2-8(6-10(12)13)11-4-3-9(15)7-14-11/h2-7,15H,1H3. The molecule has 0 fully saturated rings. The van der Waals surface area contributed by atoms with Crippen molar-refractivity contribution >= 4 is 11.2 Å². The first-order valence-electron chi connectivity index (χ1n) is 4.86. The molecule has 0 aliphatic rings. The molecule has 1 heterocycles. The number of hydrogen-bond acceptors (Lipinski definition) is 3. The largest absolute Gasteiger partial charge is 0.612 e. The van der Waals surface area contributed by atoms with Gasteiger partial charge < -0.3 is 9.66 Å². The minimum Gasteiger partial charge on any atom is -0.612 e. The van der Waals surface area contributed by atoms with Crippen molar-refractivity contribution in [3.8, 4) is 17.0 Å². The van der Waals surface area contributed by atoms with E-state index >= 15 is 0 Å². The van der Waals surface area contributed by atoms with Crippen LogP contribution in [-0.4, -0.2) is 20.9 Å². The van der Waals surface area contributed by atoms with Gasteiger partial charge in [-0.15, -0.1) is 0 Å². The molecule has 2 rings (SSSR count).